The van der Waals surface area contributed by atoms with Gasteiger partial charge in [0.05, 0.1) is 0 Å². The normalized spacial score (nSPS) is 43.7. The lowest BCUT2D eigenvalue weighted by Crippen LogP contribution is -2.14. The third-order valence-electron chi connectivity index (χ3n) is 2.91. The van der Waals surface area contributed by atoms with Crippen LogP contribution in [0.1, 0.15) is 19.3 Å². The Morgan fingerprint density at radius 3 is 3.00 bits per heavy atom. The number of hydrogen-bond acceptors (Lipinski definition) is 2. The predicted octanol–water partition coefficient (Wildman–Crippen LogP) is 1.72. The highest BCUT2D eigenvalue weighted by molar-refractivity contribution is 7.98. The lowest BCUT2D eigenvalue weighted by molar-refractivity contribution is -0.121. The van der Waals surface area contributed by atoms with Crippen molar-refractivity contribution in [1.82, 2.24) is 0 Å². The van der Waals surface area contributed by atoms with Gasteiger partial charge in [-0.25, -0.2) is 0 Å². The van der Waals surface area contributed by atoms with Crippen molar-refractivity contribution in [3.05, 3.63) is 0 Å². The smallest absolute Gasteiger partial charge is 0.140 e. The number of carbonyl (C=O) groups excluding carboxylic acids is 1. The van der Waals surface area contributed by atoms with Gasteiger partial charge in [-0.1, -0.05) is 0 Å². The van der Waals surface area contributed by atoms with Crippen molar-refractivity contribution in [3.63, 3.8) is 0 Å². The first-order valence-corrected chi connectivity index (χ1v) is 5.21. The summed E-state index contributed by atoms with van der Waals surface area (Å²) in [5.41, 5.74) is 0.194. The molecule has 0 aliphatic heterocycles. The van der Waals surface area contributed by atoms with Crippen molar-refractivity contribution in [2.75, 3.05) is 12.0 Å². The fourth-order valence-corrected chi connectivity index (χ4v) is 3.20. The fourth-order valence-electron chi connectivity index (χ4n) is 2.17. The van der Waals surface area contributed by atoms with Crippen LogP contribution in [0, 0.1) is 11.3 Å². The molecule has 0 aromatic rings. The number of carbonyl (C=O) groups is 1. The quantitative estimate of drug-likeness (QED) is 0.605. The second kappa shape index (κ2) is 2.00. The molecule has 0 saturated heterocycles. The van der Waals surface area contributed by atoms with Gasteiger partial charge in [-0.2, -0.15) is 11.8 Å². The SMILES string of the molecule is CSCC12CC1CCC2=O. The van der Waals surface area contributed by atoms with E-state index in [1.807, 2.05) is 11.8 Å². The summed E-state index contributed by atoms with van der Waals surface area (Å²) in [7, 11) is 0. The van der Waals surface area contributed by atoms with Gasteiger partial charge < -0.3 is 0 Å². The van der Waals surface area contributed by atoms with E-state index in [0.29, 0.717) is 5.78 Å². The number of hydrogen-bond donors (Lipinski definition) is 0. The minimum Gasteiger partial charge on any atom is -0.299 e. The molecule has 2 aliphatic rings. The molecule has 2 rings (SSSR count). The van der Waals surface area contributed by atoms with Crippen LogP contribution in [0.2, 0.25) is 0 Å². The monoisotopic (exact) mass is 156 g/mol. The molecule has 0 amide bonds. The Balaban J connectivity index is 2.10. The molecular formula is C8H12OS. The van der Waals surface area contributed by atoms with Crippen LogP contribution in [0.25, 0.3) is 0 Å². The molecule has 0 spiro atoms. The average molecular weight is 156 g/mol. The second-order valence-electron chi connectivity index (χ2n) is 3.45. The van der Waals surface area contributed by atoms with Gasteiger partial charge in [0.15, 0.2) is 0 Å². The number of fused-ring (bicyclic) bond motifs is 1. The van der Waals surface area contributed by atoms with Crippen LogP contribution in [0.5, 0.6) is 0 Å². The Labute approximate surface area is 65.6 Å². The van der Waals surface area contributed by atoms with Crippen molar-refractivity contribution < 1.29 is 4.79 Å². The van der Waals surface area contributed by atoms with Crippen LogP contribution >= 0.6 is 11.8 Å². The lowest BCUT2D eigenvalue weighted by atomic mass is 10.1. The molecule has 2 fully saturated rings. The summed E-state index contributed by atoms with van der Waals surface area (Å²) >= 11 is 1.82. The predicted molar refractivity (Wildman–Crippen MR) is 43.2 cm³/mol. The second-order valence-corrected chi connectivity index (χ2v) is 4.32. The van der Waals surface area contributed by atoms with Crippen molar-refractivity contribution in [3.8, 4) is 0 Å². The van der Waals surface area contributed by atoms with Crippen LogP contribution in [-0.2, 0) is 4.79 Å². The Morgan fingerprint density at radius 2 is 2.60 bits per heavy atom. The maximum atomic E-state index is 11.3. The Morgan fingerprint density at radius 1 is 1.80 bits per heavy atom. The summed E-state index contributed by atoms with van der Waals surface area (Å²) in [6.45, 7) is 0. The zero-order valence-corrected chi connectivity index (χ0v) is 7.04. The molecule has 2 aliphatic carbocycles. The topological polar surface area (TPSA) is 17.1 Å². The molecule has 1 nitrogen and oxygen atoms in total. The Hall–Kier alpha value is 0.0200. The largest absolute Gasteiger partial charge is 0.299 e. The number of thioether (sulfide) groups is 1. The maximum Gasteiger partial charge on any atom is 0.140 e. The molecule has 2 heteroatoms. The zero-order chi connectivity index (χ0) is 7.19. The minimum absolute atomic E-state index is 0.194. The third-order valence-corrected chi connectivity index (χ3v) is 3.71. The van der Waals surface area contributed by atoms with E-state index >= 15 is 0 Å². The van der Waals surface area contributed by atoms with E-state index in [4.69, 9.17) is 0 Å². The van der Waals surface area contributed by atoms with Crippen LogP contribution in [0.3, 0.4) is 0 Å². The van der Waals surface area contributed by atoms with E-state index < -0.39 is 0 Å². The number of Topliss-reactive ketones (excluding diaryl/α,β-unsaturated/α-hetero) is 1. The average Bonchev–Trinajstić information content (AvgIpc) is 2.53. The van der Waals surface area contributed by atoms with E-state index in [0.717, 1.165) is 18.1 Å². The molecule has 10 heavy (non-hydrogen) atoms. The van der Waals surface area contributed by atoms with Crippen molar-refractivity contribution in [1.29, 1.82) is 0 Å². The maximum absolute atomic E-state index is 11.3. The Kier molecular flexibility index (Phi) is 1.34. The van der Waals surface area contributed by atoms with Crippen LogP contribution in [-0.4, -0.2) is 17.8 Å². The van der Waals surface area contributed by atoms with Gasteiger partial charge in [-0.15, -0.1) is 0 Å². The summed E-state index contributed by atoms with van der Waals surface area (Å²) in [5.74, 6) is 2.41. The first kappa shape index (κ1) is 6.71. The standard InChI is InChI=1S/C8H12OS/c1-10-5-8-4-6(8)2-3-7(8)9/h6H,2-5H2,1H3. The zero-order valence-electron chi connectivity index (χ0n) is 6.22. The molecule has 0 radical (unpaired) electrons. The van der Waals surface area contributed by atoms with Gasteiger partial charge in [-0.05, 0) is 25.0 Å². The van der Waals surface area contributed by atoms with Crippen LogP contribution < -0.4 is 0 Å². The van der Waals surface area contributed by atoms with E-state index in [1.54, 1.807) is 0 Å². The molecule has 2 atom stereocenters. The molecular weight excluding hydrogens is 144 g/mol. The fraction of sp³-hybridized carbons (Fsp3) is 0.875. The van der Waals surface area contributed by atoms with Gasteiger partial charge in [0.2, 0.25) is 0 Å². The molecule has 2 unspecified atom stereocenters. The summed E-state index contributed by atoms with van der Waals surface area (Å²) in [4.78, 5) is 11.3. The summed E-state index contributed by atoms with van der Waals surface area (Å²) in [5, 5.41) is 0. The van der Waals surface area contributed by atoms with E-state index in [1.165, 1.54) is 12.8 Å². The molecule has 0 bridgehead atoms. The van der Waals surface area contributed by atoms with Crippen molar-refractivity contribution >= 4 is 17.5 Å². The van der Waals surface area contributed by atoms with Gasteiger partial charge in [0.1, 0.15) is 5.78 Å². The lowest BCUT2D eigenvalue weighted by Gasteiger charge is -2.06. The molecule has 2 saturated carbocycles. The third kappa shape index (κ3) is 0.685. The summed E-state index contributed by atoms with van der Waals surface area (Å²) < 4.78 is 0. The summed E-state index contributed by atoms with van der Waals surface area (Å²) in [6.07, 6.45) is 5.34. The van der Waals surface area contributed by atoms with Crippen molar-refractivity contribution in [2.24, 2.45) is 11.3 Å². The molecule has 0 aromatic heterocycles. The highest BCUT2D eigenvalue weighted by Crippen LogP contribution is 2.62. The van der Waals surface area contributed by atoms with Gasteiger partial charge in [0.25, 0.3) is 0 Å². The Bertz CT molecular complexity index is 178. The number of ketones is 1. The van der Waals surface area contributed by atoms with Gasteiger partial charge >= 0.3 is 0 Å². The van der Waals surface area contributed by atoms with E-state index in [9.17, 15) is 4.79 Å². The van der Waals surface area contributed by atoms with Gasteiger partial charge in [-0.3, -0.25) is 4.79 Å². The highest BCUT2D eigenvalue weighted by Gasteiger charge is 2.62. The first-order valence-electron chi connectivity index (χ1n) is 3.82. The number of rotatable bonds is 2. The van der Waals surface area contributed by atoms with Crippen LogP contribution in [0.15, 0.2) is 0 Å². The van der Waals surface area contributed by atoms with E-state index in [2.05, 4.69) is 6.26 Å². The highest BCUT2D eigenvalue weighted by atomic mass is 32.2. The molecule has 0 N–H and O–H groups in total. The summed E-state index contributed by atoms with van der Waals surface area (Å²) in [6, 6.07) is 0. The minimum atomic E-state index is 0.194. The molecule has 0 aromatic carbocycles. The van der Waals surface area contributed by atoms with E-state index in [-0.39, 0.29) is 5.41 Å². The molecule has 0 heterocycles. The van der Waals surface area contributed by atoms with Crippen LogP contribution in [0.4, 0.5) is 0 Å². The molecule has 56 valence electrons. The van der Waals surface area contributed by atoms with Gasteiger partial charge in [0, 0.05) is 17.6 Å². The van der Waals surface area contributed by atoms with Crippen molar-refractivity contribution in [2.45, 2.75) is 19.3 Å². The first-order chi connectivity index (χ1) is 4.79.